The first-order chi connectivity index (χ1) is 7.78. The quantitative estimate of drug-likeness (QED) is 0.835. The maximum atomic E-state index is 11.6. The fraction of sp³-hybridized carbons (Fsp3) is 0.385. The summed E-state index contributed by atoms with van der Waals surface area (Å²) in [6.45, 7) is 3.66. The van der Waals surface area contributed by atoms with Crippen LogP contribution >= 0.6 is 0 Å². The van der Waals surface area contributed by atoms with E-state index in [1.54, 1.807) is 12.3 Å². The SMILES string of the molecule is C=Cc1ccc(CC(=O)NC2CCC2)nc1. The summed E-state index contributed by atoms with van der Waals surface area (Å²) in [7, 11) is 0. The van der Waals surface area contributed by atoms with E-state index < -0.39 is 0 Å². The number of nitrogens with zero attached hydrogens (tertiary/aromatic N) is 1. The molecule has 0 atom stereocenters. The van der Waals surface area contributed by atoms with Crippen LogP contribution in [0, 0.1) is 0 Å². The van der Waals surface area contributed by atoms with Gasteiger partial charge in [0.15, 0.2) is 0 Å². The van der Waals surface area contributed by atoms with Crippen molar-refractivity contribution in [2.45, 2.75) is 31.7 Å². The molecule has 0 aliphatic heterocycles. The Labute approximate surface area is 95.6 Å². The van der Waals surface area contributed by atoms with Gasteiger partial charge in [0.1, 0.15) is 0 Å². The van der Waals surface area contributed by atoms with Gasteiger partial charge in [-0.2, -0.15) is 0 Å². The Morgan fingerprint density at radius 3 is 2.88 bits per heavy atom. The summed E-state index contributed by atoms with van der Waals surface area (Å²) in [5.41, 5.74) is 1.78. The normalized spacial score (nSPS) is 15.2. The maximum absolute atomic E-state index is 11.6. The highest BCUT2D eigenvalue weighted by Crippen LogP contribution is 2.17. The molecule has 1 N–H and O–H groups in total. The second-order valence-corrected chi connectivity index (χ2v) is 4.16. The Bertz CT molecular complexity index is 379. The van der Waals surface area contributed by atoms with Crippen molar-refractivity contribution in [2.75, 3.05) is 0 Å². The molecule has 1 aromatic rings. The Balaban J connectivity index is 1.87. The smallest absolute Gasteiger partial charge is 0.226 e. The lowest BCUT2D eigenvalue weighted by Gasteiger charge is -2.26. The molecule has 3 heteroatoms. The van der Waals surface area contributed by atoms with Crippen LogP contribution in [0.3, 0.4) is 0 Å². The van der Waals surface area contributed by atoms with Crippen molar-refractivity contribution in [3.8, 4) is 0 Å². The zero-order chi connectivity index (χ0) is 11.4. The molecular weight excluding hydrogens is 200 g/mol. The van der Waals surface area contributed by atoms with E-state index >= 15 is 0 Å². The van der Waals surface area contributed by atoms with Crippen LogP contribution in [-0.2, 0) is 11.2 Å². The lowest BCUT2D eigenvalue weighted by molar-refractivity contribution is -0.121. The number of rotatable bonds is 4. The van der Waals surface area contributed by atoms with Crippen LogP contribution in [-0.4, -0.2) is 16.9 Å². The molecule has 0 radical (unpaired) electrons. The Kier molecular flexibility index (Phi) is 3.34. The molecule has 1 aromatic heterocycles. The zero-order valence-corrected chi connectivity index (χ0v) is 9.28. The molecule has 0 aromatic carbocycles. The predicted octanol–water partition coefficient (Wildman–Crippen LogP) is 1.94. The average molecular weight is 216 g/mol. The van der Waals surface area contributed by atoms with Crippen molar-refractivity contribution < 1.29 is 4.79 Å². The number of amides is 1. The molecule has 0 spiro atoms. The average Bonchev–Trinajstić information content (AvgIpc) is 2.25. The first-order valence-corrected chi connectivity index (χ1v) is 5.64. The third-order valence-electron chi connectivity index (χ3n) is 2.90. The third-order valence-corrected chi connectivity index (χ3v) is 2.90. The summed E-state index contributed by atoms with van der Waals surface area (Å²) in [5.74, 6) is 0.0727. The first kappa shape index (κ1) is 10.9. The minimum atomic E-state index is 0.0727. The molecule has 3 nitrogen and oxygen atoms in total. The highest BCUT2D eigenvalue weighted by Gasteiger charge is 2.19. The number of aromatic nitrogens is 1. The molecular formula is C13H16N2O. The minimum Gasteiger partial charge on any atom is -0.353 e. The van der Waals surface area contributed by atoms with E-state index in [9.17, 15) is 4.79 Å². The van der Waals surface area contributed by atoms with Gasteiger partial charge in [0.25, 0.3) is 0 Å². The summed E-state index contributed by atoms with van der Waals surface area (Å²) < 4.78 is 0. The van der Waals surface area contributed by atoms with Crippen LogP contribution in [0.4, 0.5) is 0 Å². The topological polar surface area (TPSA) is 42.0 Å². The Morgan fingerprint density at radius 1 is 1.56 bits per heavy atom. The zero-order valence-electron chi connectivity index (χ0n) is 9.28. The van der Waals surface area contributed by atoms with Gasteiger partial charge in [-0.1, -0.05) is 18.7 Å². The van der Waals surface area contributed by atoms with Gasteiger partial charge in [0.2, 0.25) is 5.91 Å². The molecule has 0 unspecified atom stereocenters. The van der Waals surface area contributed by atoms with E-state index in [0.29, 0.717) is 12.5 Å². The van der Waals surface area contributed by atoms with E-state index in [-0.39, 0.29) is 5.91 Å². The van der Waals surface area contributed by atoms with Crippen molar-refractivity contribution >= 4 is 12.0 Å². The number of carbonyl (C=O) groups is 1. The lowest BCUT2D eigenvalue weighted by atomic mass is 9.93. The van der Waals surface area contributed by atoms with E-state index in [1.165, 1.54) is 6.42 Å². The monoisotopic (exact) mass is 216 g/mol. The van der Waals surface area contributed by atoms with Crippen molar-refractivity contribution in [2.24, 2.45) is 0 Å². The largest absolute Gasteiger partial charge is 0.353 e. The highest BCUT2D eigenvalue weighted by atomic mass is 16.1. The first-order valence-electron chi connectivity index (χ1n) is 5.64. The molecule has 0 saturated heterocycles. The molecule has 0 bridgehead atoms. The van der Waals surface area contributed by atoms with Crippen molar-refractivity contribution in [3.63, 3.8) is 0 Å². The maximum Gasteiger partial charge on any atom is 0.226 e. The molecule has 1 aliphatic rings. The molecule has 1 amide bonds. The molecule has 1 aliphatic carbocycles. The summed E-state index contributed by atoms with van der Waals surface area (Å²) in [5, 5.41) is 2.99. The molecule has 1 saturated carbocycles. The van der Waals surface area contributed by atoms with Crippen LogP contribution in [0.15, 0.2) is 24.9 Å². The number of nitrogens with one attached hydrogen (secondary N) is 1. The third kappa shape index (κ3) is 2.69. The Hall–Kier alpha value is -1.64. The molecule has 1 heterocycles. The van der Waals surface area contributed by atoms with E-state index in [0.717, 1.165) is 24.1 Å². The van der Waals surface area contributed by atoms with E-state index in [4.69, 9.17) is 0 Å². The van der Waals surface area contributed by atoms with Gasteiger partial charge in [-0.05, 0) is 30.9 Å². The van der Waals surface area contributed by atoms with Gasteiger partial charge in [-0.3, -0.25) is 9.78 Å². The second-order valence-electron chi connectivity index (χ2n) is 4.16. The van der Waals surface area contributed by atoms with Gasteiger partial charge in [0.05, 0.1) is 6.42 Å². The van der Waals surface area contributed by atoms with Crippen LogP contribution in [0.1, 0.15) is 30.5 Å². The molecule has 1 fully saturated rings. The van der Waals surface area contributed by atoms with Crippen LogP contribution in [0.2, 0.25) is 0 Å². The molecule has 2 rings (SSSR count). The fourth-order valence-corrected chi connectivity index (χ4v) is 1.66. The number of carbonyl (C=O) groups excluding carboxylic acids is 1. The van der Waals surface area contributed by atoms with Crippen molar-refractivity contribution in [1.29, 1.82) is 0 Å². The van der Waals surface area contributed by atoms with Crippen LogP contribution in [0.5, 0.6) is 0 Å². The summed E-state index contributed by atoms with van der Waals surface area (Å²) in [6, 6.07) is 4.20. The van der Waals surface area contributed by atoms with Gasteiger partial charge < -0.3 is 5.32 Å². The molecule has 16 heavy (non-hydrogen) atoms. The van der Waals surface area contributed by atoms with Gasteiger partial charge >= 0.3 is 0 Å². The van der Waals surface area contributed by atoms with Crippen LogP contribution in [0.25, 0.3) is 6.08 Å². The van der Waals surface area contributed by atoms with Gasteiger partial charge in [-0.15, -0.1) is 0 Å². The predicted molar refractivity (Wildman–Crippen MR) is 63.8 cm³/mol. The highest BCUT2D eigenvalue weighted by molar-refractivity contribution is 5.78. The van der Waals surface area contributed by atoms with Crippen LogP contribution < -0.4 is 5.32 Å². The van der Waals surface area contributed by atoms with E-state index in [2.05, 4.69) is 16.9 Å². The number of pyridine rings is 1. The van der Waals surface area contributed by atoms with Gasteiger partial charge in [-0.25, -0.2) is 0 Å². The molecule has 84 valence electrons. The summed E-state index contributed by atoms with van der Waals surface area (Å²) >= 11 is 0. The second kappa shape index (κ2) is 4.92. The minimum absolute atomic E-state index is 0.0727. The van der Waals surface area contributed by atoms with Crippen molar-refractivity contribution in [3.05, 3.63) is 36.2 Å². The number of hydrogen-bond acceptors (Lipinski definition) is 2. The van der Waals surface area contributed by atoms with E-state index in [1.807, 2.05) is 12.1 Å². The number of hydrogen-bond donors (Lipinski definition) is 1. The Morgan fingerprint density at radius 2 is 2.38 bits per heavy atom. The lowest BCUT2D eigenvalue weighted by Crippen LogP contribution is -2.40. The fourth-order valence-electron chi connectivity index (χ4n) is 1.66. The van der Waals surface area contributed by atoms with Crippen molar-refractivity contribution in [1.82, 2.24) is 10.3 Å². The summed E-state index contributed by atoms with van der Waals surface area (Å²) in [6.07, 6.45) is 7.32. The summed E-state index contributed by atoms with van der Waals surface area (Å²) in [4.78, 5) is 15.8. The standard InChI is InChI=1S/C13H16N2O/c1-2-10-6-7-12(14-9-10)8-13(16)15-11-4-3-5-11/h2,6-7,9,11H,1,3-5,8H2,(H,15,16). The van der Waals surface area contributed by atoms with Gasteiger partial charge in [0, 0.05) is 17.9 Å².